The van der Waals surface area contributed by atoms with Crippen LogP contribution in [0.15, 0.2) is 47.4 Å². The van der Waals surface area contributed by atoms with E-state index in [0.29, 0.717) is 18.8 Å². The number of benzene rings is 2. The van der Waals surface area contributed by atoms with E-state index in [1.54, 1.807) is 6.07 Å². The number of nitrogens with one attached hydrogen (secondary N) is 1. The zero-order valence-electron chi connectivity index (χ0n) is 11.4. The summed E-state index contributed by atoms with van der Waals surface area (Å²) in [5, 5.41) is -0.227. The average Bonchev–Trinajstić information content (AvgIpc) is 2.50. The summed E-state index contributed by atoms with van der Waals surface area (Å²) in [5.74, 6) is 0.00983. The van der Waals surface area contributed by atoms with Crippen molar-refractivity contribution in [1.29, 1.82) is 0 Å². The van der Waals surface area contributed by atoms with Gasteiger partial charge in [0.1, 0.15) is 11.6 Å². The third kappa shape index (κ3) is 2.95. The van der Waals surface area contributed by atoms with Crippen molar-refractivity contribution in [3.05, 3.63) is 58.9 Å². The maximum absolute atomic E-state index is 13.2. The monoisotopic (exact) mass is 341 g/mol. The molecule has 0 spiro atoms. The van der Waals surface area contributed by atoms with Gasteiger partial charge in [-0.1, -0.05) is 29.8 Å². The van der Waals surface area contributed by atoms with Crippen molar-refractivity contribution in [2.75, 3.05) is 6.61 Å². The molecule has 0 amide bonds. The van der Waals surface area contributed by atoms with Gasteiger partial charge in [-0.15, -0.1) is 0 Å². The lowest BCUT2D eigenvalue weighted by molar-refractivity contribution is 0.263. The fourth-order valence-corrected chi connectivity index (χ4v) is 3.88. The van der Waals surface area contributed by atoms with Crippen LogP contribution in [0.1, 0.15) is 18.0 Å². The van der Waals surface area contributed by atoms with Crippen molar-refractivity contribution in [2.24, 2.45) is 0 Å². The Bertz CT molecular complexity index is 810. The molecule has 0 fully saturated rings. The lowest BCUT2D eigenvalue weighted by atomic mass is 10.0. The third-order valence-electron chi connectivity index (χ3n) is 3.46. The van der Waals surface area contributed by atoms with Crippen molar-refractivity contribution in [1.82, 2.24) is 4.72 Å². The standard InChI is InChI=1S/C15H13ClFNO3S/c16-12-9-10(5-6-13(12)17)22(19,20)18-14-7-8-21-15-4-2-1-3-11(14)15/h1-6,9,14,18H,7-8H2. The molecule has 0 aromatic heterocycles. The van der Waals surface area contributed by atoms with Crippen LogP contribution in [-0.4, -0.2) is 15.0 Å². The second-order valence-electron chi connectivity index (χ2n) is 4.92. The van der Waals surface area contributed by atoms with E-state index in [0.717, 1.165) is 17.7 Å². The Balaban J connectivity index is 1.91. The van der Waals surface area contributed by atoms with E-state index in [1.165, 1.54) is 6.07 Å². The summed E-state index contributed by atoms with van der Waals surface area (Å²) in [4.78, 5) is -0.0668. The summed E-state index contributed by atoms with van der Waals surface area (Å²) < 4.78 is 46.2. The average molecular weight is 342 g/mol. The number of halogens is 2. The zero-order valence-corrected chi connectivity index (χ0v) is 13.0. The highest BCUT2D eigenvalue weighted by molar-refractivity contribution is 7.89. The third-order valence-corrected chi connectivity index (χ3v) is 5.22. The Hall–Kier alpha value is -1.63. The van der Waals surface area contributed by atoms with Crippen LogP contribution < -0.4 is 9.46 Å². The van der Waals surface area contributed by atoms with Crippen LogP contribution in [0, 0.1) is 5.82 Å². The van der Waals surface area contributed by atoms with Gasteiger partial charge in [0.15, 0.2) is 0 Å². The van der Waals surface area contributed by atoms with Crippen LogP contribution in [0.2, 0.25) is 5.02 Å². The van der Waals surface area contributed by atoms with Crippen LogP contribution >= 0.6 is 11.6 Å². The molecule has 0 saturated carbocycles. The van der Waals surface area contributed by atoms with Crippen molar-refractivity contribution in [3.8, 4) is 5.75 Å². The van der Waals surface area contributed by atoms with E-state index in [2.05, 4.69) is 4.72 Å². The quantitative estimate of drug-likeness (QED) is 0.932. The molecular formula is C15H13ClFNO3S. The highest BCUT2D eigenvalue weighted by atomic mass is 35.5. The lowest BCUT2D eigenvalue weighted by Gasteiger charge is -2.26. The van der Waals surface area contributed by atoms with Crippen molar-refractivity contribution in [3.63, 3.8) is 0 Å². The van der Waals surface area contributed by atoms with E-state index in [4.69, 9.17) is 16.3 Å². The summed E-state index contributed by atoms with van der Waals surface area (Å²) in [6.07, 6.45) is 0.519. The first-order valence-corrected chi connectivity index (χ1v) is 8.52. The zero-order chi connectivity index (χ0) is 15.7. The van der Waals surface area contributed by atoms with Gasteiger partial charge < -0.3 is 4.74 Å². The highest BCUT2D eigenvalue weighted by Gasteiger charge is 2.26. The van der Waals surface area contributed by atoms with Gasteiger partial charge in [-0.05, 0) is 24.3 Å². The van der Waals surface area contributed by atoms with Crippen molar-refractivity contribution in [2.45, 2.75) is 17.4 Å². The number of sulfonamides is 1. The second kappa shape index (κ2) is 5.87. The molecule has 1 aliphatic rings. The minimum absolute atomic E-state index is 0.0668. The normalized spacial score (nSPS) is 17.6. The Labute approximate surface area is 132 Å². The van der Waals surface area contributed by atoms with Crippen LogP contribution in [-0.2, 0) is 10.0 Å². The molecule has 0 aliphatic carbocycles. The molecule has 4 nitrogen and oxygen atoms in total. The summed E-state index contributed by atoms with van der Waals surface area (Å²) >= 11 is 5.66. The number of rotatable bonds is 3. The largest absolute Gasteiger partial charge is 0.493 e. The molecule has 1 heterocycles. The first-order valence-electron chi connectivity index (χ1n) is 6.66. The van der Waals surface area contributed by atoms with E-state index >= 15 is 0 Å². The van der Waals surface area contributed by atoms with Gasteiger partial charge in [-0.25, -0.2) is 17.5 Å². The minimum Gasteiger partial charge on any atom is -0.493 e. The Kier molecular flexibility index (Phi) is 4.08. The Morgan fingerprint density at radius 3 is 2.77 bits per heavy atom. The molecule has 0 radical (unpaired) electrons. The molecule has 116 valence electrons. The van der Waals surface area contributed by atoms with Gasteiger partial charge in [-0.2, -0.15) is 0 Å². The summed E-state index contributed by atoms with van der Waals surface area (Å²) in [6, 6.07) is 10.2. The number of fused-ring (bicyclic) bond motifs is 1. The molecule has 1 atom stereocenters. The minimum atomic E-state index is -3.80. The van der Waals surface area contributed by atoms with Gasteiger partial charge in [0.25, 0.3) is 0 Å². The lowest BCUT2D eigenvalue weighted by Crippen LogP contribution is -2.32. The summed E-state index contributed by atoms with van der Waals surface area (Å²) in [5.41, 5.74) is 0.783. The van der Waals surface area contributed by atoms with Crippen molar-refractivity contribution >= 4 is 21.6 Å². The molecule has 1 unspecified atom stereocenters. The molecule has 1 aliphatic heterocycles. The molecule has 0 saturated heterocycles. The van der Waals surface area contributed by atoms with Gasteiger partial charge in [0, 0.05) is 12.0 Å². The molecule has 2 aromatic carbocycles. The topological polar surface area (TPSA) is 55.4 Å². The predicted molar refractivity (Wildman–Crippen MR) is 81.0 cm³/mol. The smallest absolute Gasteiger partial charge is 0.241 e. The molecule has 7 heteroatoms. The van der Waals surface area contributed by atoms with E-state index in [-0.39, 0.29) is 9.92 Å². The second-order valence-corrected chi connectivity index (χ2v) is 7.05. The number of hydrogen-bond donors (Lipinski definition) is 1. The van der Waals surface area contributed by atoms with Gasteiger partial charge in [-0.3, -0.25) is 0 Å². The van der Waals surface area contributed by atoms with Gasteiger partial charge in [0.2, 0.25) is 10.0 Å². The number of para-hydroxylation sites is 1. The molecule has 1 N–H and O–H groups in total. The van der Waals surface area contributed by atoms with Crippen LogP contribution in [0.3, 0.4) is 0 Å². The Morgan fingerprint density at radius 2 is 2.00 bits per heavy atom. The molecule has 22 heavy (non-hydrogen) atoms. The van der Waals surface area contributed by atoms with E-state index in [9.17, 15) is 12.8 Å². The van der Waals surface area contributed by atoms with E-state index < -0.39 is 21.9 Å². The van der Waals surface area contributed by atoms with Crippen molar-refractivity contribution < 1.29 is 17.5 Å². The summed E-state index contributed by atoms with van der Waals surface area (Å²) in [7, 11) is -3.80. The van der Waals surface area contributed by atoms with Gasteiger partial charge in [0.05, 0.1) is 22.6 Å². The van der Waals surface area contributed by atoms with Crippen LogP contribution in [0.5, 0.6) is 5.75 Å². The molecule has 0 bridgehead atoms. The number of ether oxygens (including phenoxy) is 1. The summed E-state index contributed by atoms with van der Waals surface area (Å²) in [6.45, 7) is 0.425. The number of hydrogen-bond acceptors (Lipinski definition) is 3. The predicted octanol–water partition coefficient (Wildman–Crippen LogP) is 3.28. The molecule has 2 aromatic rings. The first kappa shape index (κ1) is 15.3. The van der Waals surface area contributed by atoms with Gasteiger partial charge >= 0.3 is 0 Å². The SMILES string of the molecule is O=S(=O)(NC1CCOc2ccccc21)c1ccc(F)c(Cl)c1. The molecule has 3 rings (SSSR count). The highest BCUT2D eigenvalue weighted by Crippen LogP contribution is 2.32. The van der Waals surface area contributed by atoms with E-state index in [1.807, 2.05) is 18.2 Å². The fraction of sp³-hybridized carbons (Fsp3) is 0.200. The first-order chi connectivity index (χ1) is 10.5. The Morgan fingerprint density at radius 1 is 1.23 bits per heavy atom. The van der Waals surface area contributed by atoms with Crippen LogP contribution in [0.25, 0.3) is 0 Å². The van der Waals surface area contributed by atoms with Crippen LogP contribution in [0.4, 0.5) is 4.39 Å². The molecular weight excluding hydrogens is 329 g/mol. The fourth-order valence-electron chi connectivity index (χ4n) is 2.36. The maximum atomic E-state index is 13.2. The maximum Gasteiger partial charge on any atom is 0.241 e.